The van der Waals surface area contributed by atoms with Crippen molar-refractivity contribution < 1.29 is 0 Å². The van der Waals surface area contributed by atoms with Gasteiger partial charge in [-0.15, -0.1) is 11.3 Å². The summed E-state index contributed by atoms with van der Waals surface area (Å²) in [5, 5.41) is 4.91. The third kappa shape index (κ3) is 8.67. The Morgan fingerprint density at radius 3 is 1.61 bits per heavy atom. The quantitative estimate of drug-likeness (QED) is 0.142. The molecule has 13 aromatic rings. The summed E-state index contributed by atoms with van der Waals surface area (Å²) >= 11 is 1.88. The van der Waals surface area contributed by atoms with Gasteiger partial charge in [0.25, 0.3) is 0 Å². The maximum atomic E-state index is 5.65. The zero-order valence-corrected chi connectivity index (χ0v) is 46.3. The first-order valence-corrected chi connectivity index (χ1v) is 28.4. The smallest absolute Gasteiger partial charge is 0.0979 e. The molecule has 79 heavy (non-hydrogen) atoms. The number of benzene rings is 11. The molecule has 0 bridgehead atoms. The lowest BCUT2D eigenvalue weighted by Crippen LogP contribution is -2.11. The second kappa shape index (κ2) is 19.5. The van der Waals surface area contributed by atoms with E-state index in [1.165, 1.54) is 137 Å². The van der Waals surface area contributed by atoms with Gasteiger partial charge in [0, 0.05) is 48.2 Å². The molecule has 0 radical (unpaired) electrons. The van der Waals surface area contributed by atoms with Crippen molar-refractivity contribution >= 4 is 59.4 Å². The molecule has 378 valence electrons. The maximum Gasteiger partial charge on any atom is 0.0979 e. The summed E-state index contributed by atoms with van der Waals surface area (Å²) in [7, 11) is 0. The number of fused-ring (bicyclic) bond motifs is 9. The predicted molar refractivity (Wildman–Crippen MR) is 338 cm³/mol. The highest BCUT2D eigenvalue weighted by molar-refractivity contribution is 7.26. The van der Waals surface area contributed by atoms with Gasteiger partial charge in [-0.05, 0) is 196 Å². The third-order valence-electron chi connectivity index (χ3n) is 16.6. The Bertz CT molecular complexity index is 4590. The van der Waals surface area contributed by atoms with Crippen LogP contribution >= 0.6 is 11.3 Å². The number of hydrogen-bond donors (Lipinski definition) is 0. The molecule has 0 spiro atoms. The number of rotatable bonds is 8. The van der Waals surface area contributed by atoms with Gasteiger partial charge in [-0.3, -0.25) is 4.98 Å². The molecule has 1 atom stereocenters. The number of nitrogens with zero attached hydrogens (tertiary/aromatic N) is 2. The Balaban J connectivity index is 0.927. The molecule has 0 aliphatic heterocycles. The first-order chi connectivity index (χ1) is 38.6. The molecule has 0 fully saturated rings. The van der Waals surface area contributed by atoms with E-state index < -0.39 is 0 Å². The van der Waals surface area contributed by atoms with E-state index in [0.29, 0.717) is 0 Å². The fraction of sp³-hybridized carbons (Fsp3) is 0.105. The molecule has 0 saturated heterocycles. The minimum Gasteiger partial charge on any atom is -0.252 e. The SMILES string of the molecule is Cc1cc(C)c(-c2ccc3c(c2)c2c(c4ncc(-c5cccc(-c6cc(-c7cccc(-c8ccccc8)c7)cc7c6sc6ccc(-c8cccc(-c9ccccc9)c8)cc67)c5)nc43)C=CC(c3c(C)cc(C)cc3C)C2)c(C)c1. The average molecular weight is 1030 g/mol. The molecule has 0 N–H and O–H groups in total. The second-order valence-electron chi connectivity index (χ2n) is 22.0. The van der Waals surface area contributed by atoms with E-state index in [-0.39, 0.29) is 5.92 Å². The van der Waals surface area contributed by atoms with Gasteiger partial charge in [0.1, 0.15) is 0 Å². The molecule has 0 saturated carbocycles. The highest BCUT2D eigenvalue weighted by Crippen LogP contribution is 2.47. The first-order valence-electron chi connectivity index (χ1n) is 27.6. The van der Waals surface area contributed by atoms with Gasteiger partial charge in [-0.25, -0.2) is 4.98 Å². The Morgan fingerprint density at radius 2 is 0.937 bits per heavy atom. The zero-order valence-electron chi connectivity index (χ0n) is 45.4. The van der Waals surface area contributed by atoms with E-state index in [2.05, 4.69) is 260 Å². The summed E-state index contributed by atoms with van der Waals surface area (Å²) < 4.78 is 2.53. The number of aromatic nitrogens is 2. The number of aryl methyl sites for hydroxylation is 6. The molecule has 2 nitrogen and oxygen atoms in total. The molecule has 14 rings (SSSR count). The van der Waals surface area contributed by atoms with Gasteiger partial charge in [-0.1, -0.05) is 181 Å². The minimum atomic E-state index is 0.257. The van der Waals surface area contributed by atoms with Crippen LogP contribution in [-0.4, -0.2) is 9.97 Å². The third-order valence-corrected chi connectivity index (χ3v) is 17.8. The average Bonchev–Trinajstić information content (AvgIpc) is 3.96. The van der Waals surface area contributed by atoms with Crippen molar-refractivity contribution in [3.63, 3.8) is 0 Å². The zero-order chi connectivity index (χ0) is 53.5. The first kappa shape index (κ1) is 48.4. The standard InChI is InChI=1S/C76H58N2S/c1-45-32-47(3)72(48(4)33-45)60-26-29-63-66(40-60)67-41-61(73-49(5)34-46(2)35-50(73)6)27-30-64(67)75-74(63)77-44-70(78-75)59-25-15-24-58(38-59)65-42-62(56-23-14-21-54(37-56)52-18-11-8-12-19-52)43-69-68-39-57(28-31-71(68)79-76(65)69)55-22-13-20-53(36-55)51-16-9-7-10-17-51/h7-39,41-44,60H,40H2,1-6H3. The van der Waals surface area contributed by atoms with Gasteiger partial charge in [0.15, 0.2) is 0 Å². The van der Waals surface area contributed by atoms with Crippen molar-refractivity contribution in [2.75, 3.05) is 0 Å². The van der Waals surface area contributed by atoms with E-state index in [1.807, 2.05) is 17.5 Å². The van der Waals surface area contributed by atoms with E-state index in [1.54, 1.807) is 0 Å². The lowest BCUT2D eigenvalue weighted by atomic mass is 9.78. The molecule has 11 aromatic carbocycles. The Labute approximate surface area is 467 Å². The van der Waals surface area contributed by atoms with E-state index >= 15 is 0 Å². The molecule has 2 heterocycles. The summed E-state index contributed by atoms with van der Waals surface area (Å²) in [4.78, 5) is 11.0. The van der Waals surface area contributed by atoms with Crippen molar-refractivity contribution in [2.45, 2.75) is 53.9 Å². The largest absolute Gasteiger partial charge is 0.252 e. The Hall–Kier alpha value is -9.02. The predicted octanol–water partition coefficient (Wildman–Crippen LogP) is 21.0. The highest BCUT2D eigenvalue weighted by Gasteiger charge is 2.26. The van der Waals surface area contributed by atoms with Crippen LogP contribution in [0.1, 0.15) is 56.0 Å². The monoisotopic (exact) mass is 1030 g/mol. The molecule has 0 amide bonds. The van der Waals surface area contributed by atoms with Crippen LogP contribution in [0.15, 0.2) is 219 Å². The summed E-state index contributed by atoms with van der Waals surface area (Å²) in [5.74, 6) is 0.257. The van der Waals surface area contributed by atoms with Crippen LogP contribution in [0.4, 0.5) is 0 Å². The van der Waals surface area contributed by atoms with Crippen LogP contribution in [0.2, 0.25) is 0 Å². The van der Waals surface area contributed by atoms with Crippen LogP contribution in [-0.2, 0) is 6.42 Å². The van der Waals surface area contributed by atoms with Crippen LogP contribution in [0.3, 0.4) is 0 Å². The second-order valence-corrected chi connectivity index (χ2v) is 23.1. The van der Waals surface area contributed by atoms with Crippen molar-refractivity contribution in [3.05, 3.63) is 269 Å². The van der Waals surface area contributed by atoms with Crippen molar-refractivity contribution in [1.82, 2.24) is 9.97 Å². The number of thiophene rings is 1. The van der Waals surface area contributed by atoms with Crippen molar-refractivity contribution in [1.29, 1.82) is 0 Å². The fourth-order valence-corrected chi connectivity index (χ4v) is 14.4. The van der Waals surface area contributed by atoms with Gasteiger partial charge >= 0.3 is 0 Å². The van der Waals surface area contributed by atoms with Gasteiger partial charge in [0.2, 0.25) is 0 Å². The van der Waals surface area contributed by atoms with E-state index in [4.69, 9.17) is 9.97 Å². The summed E-state index contributed by atoms with van der Waals surface area (Å²) in [5.41, 5.74) is 30.1. The minimum absolute atomic E-state index is 0.257. The van der Waals surface area contributed by atoms with Gasteiger partial charge in [0.05, 0.1) is 22.9 Å². The Morgan fingerprint density at radius 1 is 0.405 bits per heavy atom. The lowest BCUT2D eigenvalue weighted by Gasteiger charge is -2.26. The topological polar surface area (TPSA) is 25.8 Å². The summed E-state index contributed by atoms with van der Waals surface area (Å²) in [6.45, 7) is 13.4. The molecule has 1 aliphatic carbocycles. The van der Waals surface area contributed by atoms with Crippen LogP contribution in [0.5, 0.6) is 0 Å². The summed E-state index contributed by atoms with van der Waals surface area (Å²) in [6.07, 6.45) is 7.66. The summed E-state index contributed by atoms with van der Waals surface area (Å²) in [6, 6.07) is 76.5. The van der Waals surface area contributed by atoms with E-state index in [0.717, 1.165) is 39.7 Å². The molecule has 1 aliphatic rings. The normalized spacial score (nSPS) is 13.2. The molecule has 1 unspecified atom stereocenters. The molecule has 2 aromatic heterocycles. The van der Waals surface area contributed by atoms with Crippen LogP contribution in [0.25, 0.3) is 126 Å². The lowest BCUT2D eigenvalue weighted by molar-refractivity contribution is 0.817. The van der Waals surface area contributed by atoms with Gasteiger partial charge in [-0.2, -0.15) is 0 Å². The Kier molecular flexibility index (Phi) is 11.9. The van der Waals surface area contributed by atoms with E-state index in [9.17, 15) is 0 Å². The van der Waals surface area contributed by atoms with Crippen molar-refractivity contribution in [2.24, 2.45) is 0 Å². The number of allylic oxidation sites excluding steroid dienone is 1. The molecular weight excluding hydrogens is 973 g/mol. The molecular formula is C76H58N2S. The number of hydrogen-bond acceptors (Lipinski definition) is 3. The van der Waals surface area contributed by atoms with Crippen molar-refractivity contribution in [3.8, 4) is 78.0 Å². The van der Waals surface area contributed by atoms with Crippen LogP contribution < -0.4 is 0 Å². The van der Waals surface area contributed by atoms with Crippen LogP contribution in [0, 0.1) is 41.5 Å². The fourth-order valence-electron chi connectivity index (χ4n) is 13.2. The molecule has 3 heteroatoms. The van der Waals surface area contributed by atoms with Gasteiger partial charge < -0.3 is 0 Å². The maximum absolute atomic E-state index is 5.65. The highest BCUT2D eigenvalue weighted by atomic mass is 32.1.